The Hall–Kier alpha value is -3.47. The van der Waals surface area contributed by atoms with Crippen LogP contribution in [-0.4, -0.2) is 24.3 Å². The van der Waals surface area contributed by atoms with Crippen molar-refractivity contribution in [2.75, 3.05) is 19.0 Å². The highest BCUT2D eigenvalue weighted by molar-refractivity contribution is 5.87. The fourth-order valence-electron chi connectivity index (χ4n) is 3.11. The molecule has 0 spiro atoms. The van der Waals surface area contributed by atoms with Gasteiger partial charge in [-0.2, -0.15) is 0 Å². The van der Waals surface area contributed by atoms with E-state index in [4.69, 9.17) is 4.42 Å². The van der Waals surface area contributed by atoms with Crippen LogP contribution < -0.4 is 10.3 Å². The van der Waals surface area contributed by atoms with Crippen molar-refractivity contribution in [2.45, 2.75) is 20.3 Å². The summed E-state index contributed by atoms with van der Waals surface area (Å²) in [5.41, 5.74) is 3.16. The van der Waals surface area contributed by atoms with E-state index in [1.54, 1.807) is 0 Å². The molecule has 0 aliphatic heterocycles. The van der Waals surface area contributed by atoms with Crippen LogP contribution in [-0.2, 0) is 6.42 Å². The molecule has 5 nitrogen and oxygen atoms in total. The van der Waals surface area contributed by atoms with Gasteiger partial charge in [-0.1, -0.05) is 35.9 Å². The minimum atomic E-state index is -0.309. The van der Waals surface area contributed by atoms with Crippen molar-refractivity contribution in [3.63, 3.8) is 0 Å². The summed E-state index contributed by atoms with van der Waals surface area (Å²) in [6.45, 7) is 3.99. The highest BCUT2D eigenvalue weighted by Gasteiger charge is 2.19. The van der Waals surface area contributed by atoms with Crippen LogP contribution in [0.5, 0.6) is 11.5 Å². The van der Waals surface area contributed by atoms with Crippen molar-refractivity contribution >= 4 is 16.7 Å². The molecule has 0 atom stereocenters. The van der Waals surface area contributed by atoms with E-state index < -0.39 is 0 Å². The lowest BCUT2D eigenvalue weighted by atomic mass is 10.0. The van der Waals surface area contributed by atoms with E-state index >= 15 is 0 Å². The normalized spacial score (nSPS) is 11.2. The molecule has 3 aromatic rings. The Morgan fingerprint density at radius 1 is 1.14 bits per heavy atom. The number of phenols is 2. The van der Waals surface area contributed by atoms with Crippen LogP contribution in [0.25, 0.3) is 22.3 Å². The Balaban J connectivity index is 2.27. The number of rotatable bonds is 5. The lowest BCUT2D eigenvalue weighted by molar-refractivity contribution is 0.452. The van der Waals surface area contributed by atoms with Crippen molar-refractivity contribution in [3.8, 4) is 22.8 Å². The predicted molar refractivity (Wildman–Crippen MR) is 118 cm³/mol. The fourth-order valence-corrected chi connectivity index (χ4v) is 3.11. The summed E-state index contributed by atoms with van der Waals surface area (Å²) < 4.78 is 6.05. The number of hydrogen-bond donors (Lipinski definition) is 2. The van der Waals surface area contributed by atoms with Gasteiger partial charge in [-0.15, -0.1) is 0 Å². The molecule has 2 aromatic carbocycles. The van der Waals surface area contributed by atoms with E-state index in [1.807, 2.05) is 75.3 Å². The third-order valence-electron chi connectivity index (χ3n) is 4.57. The zero-order valence-electron chi connectivity index (χ0n) is 17.1. The maximum atomic E-state index is 13.2. The smallest absolute Gasteiger partial charge is 0.200 e. The first-order valence-electron chi connectivity index (χ1n) is 9.37. The summed E-state index contributed by atoms with van der Waals surface area (Å²) in [6.07, 6.45) is 6.10. The number of hydrogen-bond acceptors (Lipinski definition) is 5. The van der Waals surface area contributed by atoms with Crippen LogP contribution in [0.4, 0.5) is 5.69 Å². The minimum absolute atomic E-state index is 0.0703. The second-order valence-electron chi connectivity index (χ2n) is 7.40. The molecule has 29 heavy (non-hydrogen) atoms. The number of fused-ring (bicyclic) bond motifs is 1. The van der Waals surface area contributed by atoms with Gasteiger partial charge in [-0.3, -0.25) is 4.79 Å². The molecule has 5 heteroatoms. The van der Waals surface area contributed by atoms with Crippen LogP contribution in [0.1, 0.15) is 19.4 Å². The number of nitrogens with zero attached hydrogens (tertiary/aromatic N) is 1. The molecule has 0 saturated heterocycles. The van der Waals surface area contributed by atoms with E-state index in [2.05, 4.69) is 0 Å². The molecule has 0 unspecified atom stereocenters. The second-order valence-corrected chi connectivity index (χ2v) is 7.40. The summed E-state index contributed by atoms with van der Waals surface area (Å²) in [6, 6.07) is 10.2. The Bertz CT molecular complexity index is 1170. The van der Waals surface area contributed by atoms with E-state index in [9.17, 15) is 15.0 Å². The molecule has 1 aromatic heterocycles. The second kappa shape index (κ2) is 8.27. The molecule has 0 amide bonds. The number of aromatic hydroxyl groups is 2. The Kier molecular flexibility index (Phi) is 5.78. The van der Waals surface area contributed by atoms with Crippen molar-refractivity contribution in [1.29, 1.82) is 0 Å². The highest BCUT2D eigenvalue weighted by atomic mass is 16.3. The van der Waals surface area contributed by atoms with Gasteiger partial charge in [0, 0.05) is 43.0 Å². The van der Waals surface area contributed by atoms with Gasteiger partial charge in [-0.25, -0.2) is 0 Å². The van der Waals surface area contributed by atoms with E-state index in [0.29, 0.717) is 17.7 Å². The lowest BCUT2D eigenvalue weighted by Crippen LogP contribution is -2.12. The first-order valence-corrected chi connectivity index (χ1v) is 9.37. The molecular formula is C24H25NO4. The van der Waals surface area contributed by atoms with Gasteiger partial charge in [-0.05, 0) is 32.4 Å². The van der Waals surface area contributed by atoms with E-state index in [-0.39, 0.29) is 27.9 Å². The van der Waals surface area contributed by atoms with E-state index in [0.717, 1.165) is 22.9 Å². The SMILES string of the molecule is CC(C)=C/C=C\Cc1c(-c2cccc(N(C)C)c2)oc2cc(O)cc(O)c2c1=O. The van der Waals surface area contributed by atoms with Gasteiger partial charge in [0.2, 0.25) is 5.43 Å². The molecule has 0 aliphatic rings. The van der Waals surface area contributed by atoms with Crippen LogP contribution in [0, 0.1) is 0 Å². The summed E-state index contributed by atoms with van der Waals surface area (Å²) >= 11 is 0. The van der Waals surface area contributed by atoms with Crippen molar-refractivity contribution in [2.24, 2.45) is 0 Å². The van der Waals surface area contributed by atoms with Crippen molar-refractivity contribution in [3.05, 3.63) is 76.0 Å². The summed E-state index contributed by atoms with van der Waals surface area (Å²) in [7, 11) is 3.88. The average Bonchev–Trinajstić information content (AvgIpc) is 2.65. The summed E-state index contributed by atoms with van der Waals surface area (Å²) in [5, 5.41) is 20.1. The van der Waals surface area contributed by atoms with Gasteiger partial charge in [0.05, 0.1) is 0 Å². The maximum Gasteiger partial charge on any atom is 0.200 e. The minimum Gasteiger partial charge on any atom is -0.508 e. The molecule has 0 fully saturated rings. The number of phenolic OH excluding ortho intramolecular Hbond substituents is 2. The zero-order valence-corrected chi connectivity index (χ0v) is 17.1. The highest BCUT2D eigenvalue weighted by Crippen LogP contribution is 2.33. The zero-order chi connectivity index (χ0) is 21.1. The maximum absolute atomic E-state index is 13.2. The molecule has 3 rings (SSSR count). The lowest BCUT2D eigenvalue weighted by Gasteiger charge is -2.15. The molecule has 150 valence electrons. The number of benzene rings is 2. The van der Waals surface area contributed by atoms with Gasteiger partial charge >= 0.3 is 0 Å². The molecule has 0 saturated carbocycles. The predicted octanol–water partition coefficient (Wildman–Crippen LogP) is 5.00. The fraction of sp³-hybridized carbons (Fsp3) is 0.208. The summed E-state index contributed by atoms with van der Waals surface area (Å²) in [5.74, 6) is -0.0303. The Morgan fingerprint density at radius 3 is 2.59 bits per heavy atom. The molecule has 2 N–H and O–H groups in total. The monoisotopic (exact) mass is 391 g/mol. The Morgan fingerprint density at radius 2 is 1.90 bits per heavy atom. The van der Waals surface area contributed by atoms with E-state index in [1.165, 1.54) is 6.07 Å². The molecule has 0 bridgehead atoms. The average molecular weight is 391 g/mol. The largest absolute Gasteiger partial charge is 0.508 e. The number of anilines is 1. The molecular weight excluding hydrogens is 366 g/mol. The van der Waals surface area contributed by atoms with Gasteiger partial charge in [0.1, 0.15) is 28.2 Å². The van der Waals surface area contributed by atoms with Gasteiger partial charge in [0.15, 0.2) is 0 Å². The van der Waals surface area contributed by atoms with Crippen LogP contribution >= 0.6 is 0 Å². The van der Waals surface area contributed by atoms with Crippen molar-refractivity contribution in [1.82, 2.24) is 0 Å². The van der Waals surface area contributed by atoms with Crippen LogP contribution in [0.2, 0.25) is 0 Å². The number of allylic oxidation sites excluding steroid dienone is 4. The van der Waals surface area contributed by atoms with Crippen LogP contribution in [0.3, 0.4) is 0 Å². The van der Waals surface area contributed by atoms with Gasteiger partial charge in [0.25, 0.3) is 0 Å². The third kappa shape index (κ3) is 4.35. The molecule has 0 aliphatic carbocycles. The third-order valence-corrected chi connectivity index (χ3v) is 4.57. The first kappa shape index (κ1) is 20.3. The summed E-state index contributed by atoms with van der Waals surface area (Å²) in [4.78, 5) is 15.2. The quantitative estimate of drug-likeness (QED) is 0.599. The molecule has 0 radical (unpaired) electrons. The van der Waals surface area contributed by atoms with Crippen molar-refractivity contribution < 1.29 is 14.6 Å². The van der Waals surface area contributed by atoms with Crippen LogP contribution in [0.15, 0.2) is 69.4 Å². The Labute approximate surface area is 169 Å². The van der Waals surface area contributed by atoms with Gasteiger partial charge < -0.3 is 19.5 Å². The molecule has 1 heterocycles. The first-order chi connectivity index (χ1) is 13.8. The standard InChI is InChI=1S/C24H25NO4/c1-15(2)8-5-6-11-19-23(28)22-20(27)13-18(26)14-21(22)29-24(19)16-9-7-10-17(12-16)25(3)4/h5-10,12-14,26-27H,11H2,1-4H3/b6-5-. The topological polar surface area (TPSA) is 73.9 Å².